The van der Waals surface area contributed by atoms with Crippen LogP contribution in [0.1, 0.15) is 22.9 Å². The second-order valence-corrected chi connectivity index (χ2v) is 6.69. The van der Waals surface area contributed by atoms with E-state index in [4.69, 9.17) is 12.2 Å². The molecule has 25 heavy (non-hydrogen) atoms. The molecule has 0 aliphatic carbocycles. The van der Waals surface area contributed by atoms with Crippen molar-refractivity contribution in [3.8, 4) is 0 Å². The lowest BCUT2D eigenvalue weighted by molar-refractivity contribution is 0.293. The van der Waals surface area contributed by atoms with E-state index in [1.807, 2.05) is 24.5 Å². The van der Waals surface area contributed by atoms with Crippen molar-refractivity contribution in [2.45, 2.75) is 19.5 Å². The molecule has 5 heteroatoms. The summed E-state index contributed by atoms with van der Waals surface area (Å²) in [7, 11) is 0. The number of pyridine rings is 1. The van der Waals surface area contributed by atoms with Gasteiger partial charge in [0.2, 0.25) is 0 Å². The monoisotopic (exact) mass is 348 g/mol. The SMILES string of the molecule is Cc1cccc(NC(=S)N2CCn3cccc3[C@@H]2c2ccncc2)c1. The van der Waals surface area contributed by atoms with E-state index in [1.54, 1.807) is 0 Å². The summed E-state index contributed by atoms with van der Waals surface area (Å²) in [6, 6.07) is 16.8. The number of benzene rings is 1. The summed E-state index contributed by atoms with van der Waals surface area (Å²) < 4.78 is 2.30. The zero-order valence-corrected chi connectivity index (χ0v) is 14.9. The maximum atomic E-state index is 5.77. The molecule has 0 amide bonds. The molecular formula is C20H20N4S. The van der Waals surface area contributed by atoms with Crippen LogP contribution in [0, 0.1) is 6.92 Å². The van der Waals surface area contributed by atoms with Crippen LogP contribution < -0.4 is 5.32 Å². The quantitative estimate of drug-likeness (QED) is 0.710. The van der Waals surface area contributed by atoms with Gasteiger partial charge in [0.05, 0.1) is 6.04 Å². The minimum absolute atomic E-state index is 0.0940. The smallest absolute Gasteiger partial charge is 0.174 e. The molecular weight excluding hydrogens is 328 g/mol. The summed E-state index contributed by atoms with van der Waals surface area (Å²) in [5.41, 5.74) is 4.69. The lowest BCUT2D eigenvalue weighted by Gasteiger charge is -2.39. The largest absolute Gasteiger partial charge is 0.348 e. The van der Waals surface area contributed by atoms with Crippen molar-refractivity contribution in [1.82, 2.24) is 14.5 Å². The number of thiocarbonyl (C=S) groups is 1. The van der Waals surface area contributed by atoms with Crippen LogP contribution >= 0.6 is 12.2 Å². The predicted molar refractivity (Wildman–Crippen MR) is 105 cm³/mol. The van der Waals surface area contributed by atoms with Crippen LogP contribution in [0.25, 0.3) is 0 Å². The molecule has 1 atom stereocenters. The molecule has 0 spiro atoms. The van der Waals surface area contributed by atoms with E-state index in [0.717, 1.165) is 23.9 Å². The third-order valence-electron chi connectivity index (χ3n) is 4.59. The van der Waals surface area contributed by atoms with Crippen LogP contribution in [0.5, 0.6) is 0 Å². The Kier molecular flexibility index (Phi) is 4.24. The fourth-order valence-corrected chi connectivity index (χ4v) is 3.73. The molecule has 2 aromatic heterocycles. The highest BCUT2D eigenvalue weighted by atomic mass is 32.1. The summed E-state index contributed by atoms with van der Waals surface area (Å²) in [5, 5.41) is 4.16. The van der Waals surface area contributed by atoms with Crippen molar-refractivity contribution >= 4 is 23.0 Å². The standard InChI is InChI=1S/C20H20N4S/c1-15-4-2-5-17(14-15)22-20(25)24-13-12-23-11-3-6-18(23)19(24)16-7-9-21-10-8-16/h2-11,14,19H,12-13H2,1H3,(H,22,25)/t19-/m0/s1. The van der Waals surface area contributed by atoms with Crippen molar-refractivity contribution in [3.63, 3.8) is 0 Å². The molecule has 1 aliphatic rings. The molecule has 0 bridgehead atoms. The Balaban J connectivity index is 1.66. The fraction of sp³-hybridized carbons (Fsp3) is 0.200. The van der Waals surface area contributed by atoms with Gasteiger partial charge in [0.1, 0.15) is 0 Å². The summed E-state index contributed by atoms with van der Waals surface area (Å²) in [4.78, 5) is 6.42. The van der Waals surface area contributed by atoms with Gasteiger partial charge in [-0.15, -0.1) is 0 Å². The Morgan fingerprint density at radius 2 is 1.96 bits per heavy atom. The first-order chi connectivity index (χ1) is 12.2. The Morgan fingerprint density at radius 3 is 2.76 bits per heavy atom. The van der Waals surface area contributed by atoms with Crippen LogP contribution in [0.3, 0.4) is 0 Å². The second kappa shape index (κ2) is 6.69. The Labute approximate surface area is 153 Å². The predicted octanol–water partition coefficient (Wildman–Crippen LogP) is 3.99. The van der Waals surface area contributed by atoms with Gasteiger partial charge >= 0.3 is 0 Å². The topological polar surface area (TPSA) is 33.1 Å². The van der Waals surface area contributed by atoms with Gasteiger partial charge in [-0.2, -0.15) is 0 Å². The summed E-state index contributed by atoms with van der Waals surface area (Å²) in [5.74, 6) is 0. The molecule has 0 saturated heterocycles. The first-order valence-electron chi connectivity index (χ1n) is 8.41. The molecule has 4 rings (SSSR count). The maximum absolute atomic E-state index is 5.77. The van der Waals surface area contributed by atoms with E-state index in [2.05, 4.69) is 69.3 Å². The van der Waals surface area contributed by atoms with Crippen LogP contribution in [0.2, 0.25) is 0 Å². The molecule has 1 aliphatic heterocycles. The van der Waals surface area contributed by atoms with Crippen LogP contribution in [0.4, 0.5) is 5.69 Å². The highest BCUT2D eigenvalue weighted by molar-refractivity contribution is 7.80. The van der Waals surface area contributed by atoms with Crippen molar-refractivity contribution in [2.24, 2.45) is 0 Å². The Hall–Kier alpha value is -2.66. The molecule has 3 aromatic rings. The molecule has 3 heterocycles. The number of rotatable bonds is 2. The van der Waals surface area contributed by atoms with Gasteiger partial charge in [0, 0.05) is 43.1 Å². The molecule has 0 fully saturated rings. The van der Waals surface area contributed by atoms with Gasteiger partial charge in [0.25, 0.3) is 0 Å². The van der Waals surface area contributed by atoms with E-state index >= 15 is 0 Å². The molecule has 0 unspecified atom stereocenters. The van der Waals surface area contributed by atoms with Crippen LogP contribution in [-0.4, -0.2) is 26.1 Å². The number of aromatic nitrogens is 2. The van der Waals surface area contributed by atoms with Crippen LogP contribution in [0.15, 0.2) is 67.1 Å². The molecule has 1 aromatic carbocycles. The Morgan fingerprint density at radius 1 is 1.12 bits per heavy atom. The fourth-order valence-electron chi connectivity index (χ4n) is 3.42. The van der Waals surface area contributed by atoms with Crippen molar-refractivity contribution in [3.05, 3.63) is 83.9 Å². The van der Waals surface area contributed by atoms with Gasteiger partial charge in [-0.25, -0.2) is 0 Å². The van der Waals surface area contributed by atoms with Gasteiger partial charge in [-0.05, 0) is 66.7 Å². The summed E-state index contributed by atoms with van der Waals surface area (Å²) in [6.45, 7) is 3.88. The third kappa shape index (κ3) is 3.15. The highest BCUT2D eigenvalue weighted by Gasteiger charge is 2.30. The van der Waals surface area contributed by atoms with E-state index in [1.165, 1.54) is 16.8 Å². The van der Waals surface area contributed by atoms with E-state index < -0.39 is 0 Å². The third-order valence-corrected chi connectivity index (χ3v) is 4.93. The zero-order chi connectivity index (χ0) is 17.2. The number of nitrogens with zero attached hydrogens (tertiary/aromatic N) is 3. The minimum atomic E-state index is 0.0940. The second-order valence-electron chi connectivity index (χ2n) is 6.30. The van der Waals surface area contributed by atoms with E-state index in [0.29, 0.717) is 0 Å². The zero-order valence-electron chi connectivity index (χ0n) is 14.1. The lowest BCUT2D eigenvalue weighted by atomic mass is 10.0. The normalized spacial score (nSPS) is 16.4. The number of fused-ring (bicyclic) bond motifs is 1. The average Bonchev–Trinajstić information content (AvgIpc) is 3.10. The first-order valence-corrected chi connectivity index (χ1v) is 8.82. The first kappa shape index (κ1) is 15.8. The Bertz CT molecular complexity index is 887. The molecule has 1 N–H and O–H groups in total. The van der Waals surface area contributed by atoms with Crippen molar-refractivity contribution in [1.29, 1.82) is 0 Å². The van der Waals surface area contributed by atoms with Crippen molar-refractivity contribution in [2.75, 3.05) is 11.9 Å². The van der Waals surface area contributed by atoms with Gasteiger partial charge < -0.3 is 14.8 Å². The number of hydrogen-bond donors (Lipinski definition) is 1. The molecule has 4 nitrogen and oxygen atoms in total. The summed E-state index contributed by atoms with van der Waals surface area (Å²) >= 11 is 5.77. The van der Waals surface area contributed by atoms with Crippen LogP contribution in [-0.2, 0) is 6.54 Å². The average molecular weight is 348 g/mol. The minimum Gasteiger partial charge on any atom is -0.348 e. The van der Waals surface area contributed by atoms with Gasteiger partial charge in [-0.3, -0.25) is 4.98 Å². The molecule has 0 radical (unpaired) electrons. The highest BCUT2D eigenvalue weighted by Crippen LogP contribution is 2.32. The lowest BCUT2D eigenvalue weighted by Crippen LogP contribution is -2.44. The maximum Gasteiger partial charge on any atom is 0.174 e. The van der Waals surface area contributed by atoms with Gasteiger partial charge in [-0.1, -0.05) is 12.1 Å². The summed E-state index contributed by atoms with van der Waals surface area (Å²) in [6.07, 6.45) is 5.82. The van der Waals surface area contributed by atoms with E-state index in [-0.39, 0.29) is 6.04 Å². The molecule has 0 saturated carbocycles. The number of hydrogen-bond acceptors (Lipinski definition) is 2. The number of anilines is 1. The molecule has 126 valence electrons. The number of aryl methyl sites for hydroxylation is 1. The van der Waals surface area contributed by atoms with Gasteiger partial charge in [0.15, 0.2) is 5.11 Å². The number of nitrogens with one attached hydrogen (secondary N) is 1. The van der Waals surface area contributed by atoms with Crippen molar-refractivity contribution < 1.29 is 0 Å². The van der Waals surface area contributed by atoms with E-state index in [9.17, 15) is 0 Å².